The molecule has 4 heteroatoms. The first kappa shape index (κ1) is 13.5. The second-order valence-corrected chi connectivity index (χ2v) is 4.87. The highest BCUT2D eigenvalue weighted by atomic mass is 32.1. The first-order valence-corrected chi connectivity index (χ1v) is 6.62. The largest absolute Gasteiger partial charge is 0.487 e. The number of hydrogen-bond donors (Lipinski definition) is 2. The van der Waals surface area contributed by atoms with Gasteiger partial charge >= 0.3 is 0 Å². The molecule has 0 amide bonds. The molecule has 0 atom stereocenters. The summed E-state index contributed by atoms with van der Waals surface area (Å²) in [6, 6.07) is 4.10. The van der Waals surface area contributed by atoms with Gasteiger partial charge < -0.3 is 15.2 Å². The number of ether oxygens (including phenoxy) is 1. The van der Waals surface area contributed by atoms with Crippen LogP contribution >= 0.6 is 11.3 Å². The Bertz CT molecular complexity index is 276. The predicted octanol–water partition coefficient (Wildman–Crippen LogP) is 2.40. The predicted molar refractivity (Wildman–Crippen MR) is 68.1 cm³/mol. The zero-order chi connectivity index (χ0) is 11.6. The first-order chi connectivity index (χ1) is 7.86. The summed E-state index contributed by atoms with van der Waals surface area (Å²) in [5.74, 6) is 0. The number of hydrogen-bond acceptors (Lipinski definition) is 4. The Morgan fingerprint density at radius 2 is 2.06 bits per heavy atom. The lowest BCUT2D eigenvalue weighted by atomic mass is 10.2. The summed E-state index contributed by atoms with van der Waals surface area (Å²) in [6.45, 7) is 2.29. The van der Waals surface area contributed by atoms with Crippen molar-refractivity contribution in [3.63, 3.8) is 0 Å². The molecule has 0 aliphatic heterocycles. The molecule has 0 aliphatic rings. The number of unbranched alkanes of at least 4 members (excludes halogenated alkanes) is 3. The van der Waals surface area contributed by atoms with Gasteiger partial charge in [0.2, 0.25) is 0 Å². The van der Waals surface area contributed by atoms with Crippen molar-refractivity contribution >= 4 is 11.3 Å². The fraction of sp³-hybridized carbons (Fsp3) is 0.667. The average Bonchev–Trinajstić information content (AvgIpc) is 2.76. The average molecular weight is 243 g/mol. The summed E-state index contributed by atoms with van der Waals surface area (Å²) in [4.78, 5) is 1.31. The Kier molecular flexibility index (Phi) is 7.21. The number of methoxy groups -OCH3 is 1. The number of aliphatic hydroxyl groups is 1. The van der Waals surface area contributed by atoms with E-state index in [1.54, 1.807) is 18.4 Å². The topological polar surface area (TPSA) is 41.5 Å². The SMILES string of the molecule is COc1ccc(CNCCCCCCO)s1. The molecule has 3 nitrogen and oxygen atoms in total. The molecule has 2 N–H and O–H groups in total. The van der Waals surface area contributed by atoms with E-state index >= 15 is 0 Å². The molecule has 0 aliphatic carbocycles. The summed E-state index contributed by atoms with van der Waals surface area (Å²) in [6.07, 6.45) is 4.44. The second kappa shape index (κ2) is 8.56. The Balaban J connectivity index is 1.98. The van der Waals surface area contributed by atoms with Gasteiger partial charge in [-0.15, -0.1) is 11.3 Å². The molecule has 1 aromatic rings. The fourth-order valence-corrected chi connectivity index (χ4v) is 2.28. The molecule has 0 bridgehead atoms. The highest BCUT2D eigenvalue weighted by Crippen LogP contribution is 2.23. The van der Waals surface area contributed by atoms with Crippen LogP contribution in [0.15, 0.2) is 12.1 Å². The monoisotopic (exact) mass is 243 g/mol. The van der Waals surface area contributed by atoms with Gasteiger partial charge in [-0.05, 0) is 31.5 Å². The number of rotatable bonds is 9. The summed E-state index contributed by atoms with van der Waals surface area (Å²) >= 11 is 1.69. The molecule has 16 heavy (non-hydrogen) atoms. The molecule has 0 unspecified atom stereocenters. The van der Waals surface area contributed by atoms with Gasteiger partial charge in [-0.1, -0.05) is 12.8 Å². The minimum atomic E-state index is 0.322. The highest BCUT2D eigenvalue weighted by molar-refractivity contribution is 7.13. The van der Waals surface area contributed by atoms with Gasteiger partial charge in [-0.2, -0.15) is 0 Å². The molecule has 0 saturated heterocycles. The molecule has 0 fully saturated rings. The maximum Gasteiger partial charge on any atom is 0.173 e. The van der Waals surface area contributed by atoms with Crippen molar-refractivity contribution in [2.75, 3.05) is 20.3 Å². The van der Waals surface area contributed by atoms with Gasteiger partial charge in [0, 0.05) is 18.0 Å². The Morgan fingerprint density at radius 3 is 2.75 bits per heavy atom. The molecular weight excluding hydrogens is 222 g/mol. The molecule has 1 heterocycles. The third kappa shape index (κ3) is 5.49. The van der Waals surface area contributed by atoms with Crippen LogP contribution in [0.2, 0.25) is 0 Å². The van der Waals surface area contributed by atoms with E-state index in [9.17, 15) is 0 Å². The van der Waals surface area contributed by atoms with Crippen LogP contribution in [0.25, 0.3) is 0 Å². The van der Waals surface area contributed by atoms with Crippen molar-refractivity contribution in [3.05, 3.63) is 17.0 Å². The van der Waals surface area contributed by atoms with Crippen molar-refractivity contribution in [2.45, 2.75) is 32.2 Å². The minimum Gasteiger partial charge on any atom is -0.487 e. The standard InChI is InChI=1S/C12H21NO2S/c1-15-12-7-6-11(16-12)10-13-8-4-2-3-5-9-14/h6-7,13-14H,2-5,8-10H2,1H3. The normalized spacial score (nSPS) is 10.6. The van der Waals surface area contributed by atoms with Gasteiger partial charge in [-0.3, -0.25) is 0 Å². The summed E-state index contributed by atoms with van der Waals surface area (Å²) in [5.41, 5.74) is 0. The lowest BCUT2D eigenvalue weighted by Gasteiger charge is -2.02. The van der Waals surface area contributed by atoms with E-state index in [1.165, 1.54) is 17.7 Å². The third-order valence-corrected chi connectivity index (χ3v) is 3.45. The van der Waals surface area contributed by atoms with Gasteiger partial charge in [0.15, 0.2) is 5.06 Å². The van der Waals surface area contributed by atoms with Crippen LogP contribution in [0.4, 0.5) is 0 Å². The molecule has 0 spiro atoms. The van der Waals surface area contributed by atoms with Crippen LogP contribution in [0.1, 0.15) is 30.6 Å². The van der Waals surface area contributed by atoms with Gasteiger partial charge in [0.05, 0.1) is 7.11 Å². The fourth-order valence-electron chi connectivity index (χ4n) is 1.49. The van der Waals surface area contributed by atoms with E-state index < -0.39 is 0 Å². The quantitative estimate of drug-likeness (QED) is 0.654. The molecule has 0 saturated carbocycles. The maximum atomic E-state index is 8.62. The van der Waals surface area contributed by atoms with E-state index in [-0.39, 0.29) is 0 Å². The molecule has 1 rings (SSSR count). The zero-order valence-corrected chi connectivity index (χ0v) is 10.7. The molecule has 92 valence electrons. The smallest absolute Gasteiger partial charge is 0.173 e. The number of nitrogens with one attached hydrogen (secondary N) is 1. The lowest BCUT2D eigenvalue weighted by Crippen LogP contribution is -2.13. The second-order valence-electron chi connectivity index (χ2n) is 3.74. The maximum absolute atomic E-state index is 8.62. The van der Waals surface area contributed by atoms with Gasteiger partial charge in [0.1, 0.15) is 0 Å². The van der Waals surface area contributed by atoms with Gasteiger partial charge in [-0.25, -0.2) is 0 Å². The van der Waals surface area contributed by atoms with Crippen LogP contribution in [-0.4, -0.2) is 25.4 Å². The minimum absolute atomic E-state index is 0.322. The number of aliphatic hydroxyl groups excluding tert-OH is 1. The van der Waals surface area contributed by atoms with Crippen molar-refractivity contribution in [2.24, 2.45) is 0 Å². The summed E-state index contributed by atoms with van der Waals surface area (Å²) in [7, 11) is 1.70. The van der Waals surface area contributed by atoms with Gasteiger partial charge in [0.25, 0.3) is 0 Å². The molecule has 0 aromatic carbocycles. The molecule has 0 radical (unpaired) electrons. The highest BCUT2D eigenvalue weighted by Gasteiger charge is 1.98. The van der Waals surface area contributed by atoms with E-state index in [2.05, 4.69) is 11.4 Å². The zero-order valence-electron chi connectivity index (χ0n) is 9.87. The first-order valence-electron chi connectivity index (χ1n) is 5.81. The van der Waals surface area contributed by atoms with Crippen molar-refractivity contribution in [1.82, 2.24) is 5.32 Å². The Morgan fingerprint density at radius 1 is 1.25 bits per heavy atom. The summed E-state index contributed by atoms with van der Waals surface area (Å²) < 4.78 is 5.13. The van der Waals surface area contributed by atoms with Crippen LogP contribution in [0, 0.1) is 0 Å². The molecule has 1 aromatic heterocycles. The van der Waals surface area contributed by atoms with E-state index in [4.69, 9.17) is 9.84 Å². The van der Waals surface area contributed by atoms with E-state index in [1.807, 2.05) is 6.07 Å². The van der Waals surface area contributed by atoms with Crippen LogP contribution in [0.5, 0.6) is 5.06 Å². The lowest BCUT2D eigenvalue weighted by molar-refractivity contribution is 0.282. The van der Waals surface area contributed by atoms with Crippen molar-refractivity contribution < 1.29 is 9.84 Å². The van der Waals surface area contributed by atoms with Crippen molar-refractivity contribution in [1.29, 1.82) is 0 Å². The third-order valence-electron chi connectivity index (χ3n) is 2.40. The van der Waals surface area contributed by atoms with Crippen LogP contribution in [-0.2, 0) is 6.54 Å². The van der Waals surface area contributed by atoms with Crippen molar-refractivity contribution in [3.8, 4) is 5.06 Å². The Hall–Kier alpha value is -0.580. The van der Waals surface area contributed by atoms with E-state index in [0.717, 1.165) is 31.0 Å². The van der Waals surface area contributed by atoms with Crippen LogP contribution < -0.4 is 10.1 Å². The van der Waals surface area contributed by atoms with Crippen LogP contribution in [0.3, 0.4) is 0 Å². The van der Waals surface area contributed by atoms with E-state index in [0.29, 0.717) is 6.61 Å². The number of thiophene rings is 1. The summed E-state index contributed by atoms with van der Waals surface area (Å²) in [5, 5.41) is 13.0. The Labute approximate surface area is 101 Å². The molecular formula is C12H21NO2S.